The van der Waals surface area contributed by atoms with E-state index in [1.54, 1.807) is 6.92 Å². The molecule has 1 heterocycles. The quantitative estimate of drug-likeness (QED) is 0.534. The van der Waals surface area contributed by atoms with E-state index in [4.69, 9.17) is 0 Å². The predicted molar refractivity (Wildman–Crippen MR) is 56.1 cm³/mol. The molecule has 2 amide bonds. The number of carbonyl (C=O) groups excluding carboxylic acids is 2. The highest BCUT2D eigenvalue weighted by atomic mass is 16.3. The summed E-state index contributed by atoms with van der Waals surface area (Å²) in [6.07, 6.45) is 4.46. The van der Waals surface area contributed by atoms with Crippen LogP contribution in [0.2, 0.25) is 0 Å². The van der Waals surface area contributed by atoms with E-state index in [1.807, 2.05) is 0 Å². The number of fused-ring (bicyclic) bond motifs is 5. The molecule has 0 aromatic heterocycles. The molecular weight excluding hydrogens is 206 g/mol. The maximum atomic E-state index is 12.1. The highest BCUT2D eigenvalue weighted by molar-refractivity contribution is 6.06. The number of nitrogens with zero attached hydrogens (tertiary/aromatic N) is 1. The molecule has 1 N–H and O–H groups in total. The monoisotopic (exact) mass is 221 g/mol. The predicted octanol–water partition coefficient (Wildman–Crippen LogP) is 0.174. The van der Waals surface area contributed by atoms with Crippen molar-refractivity contribution in [1.29, 1.82) is 0 Å². The molecule has 1 saturated carbocycles. The summed E-state index contributed by atoms with van der Waals surface area (Å²) in [5.41, 5.74) is 0. The average molecular weight is 221 g/mol. The Kier molecular flexibility index (Phi) is 1.98. The van der Waals surface area contributed by atoms with E-state index in [-0.39, 0.29) is 42.0 Å². The average Bonchev–Trinajstić information content (AvgIpc) is 2.87. The van der Waals surface area contributed by atoms with E-state index in [2.05, 4.69) is 12.2 Å². The second-order valence-electron chi connectivity index (χ2n) is 5.14. The molecule has 0 spiro atoms. The van der Waals surface area contributed by atoms with Gasteiger partial charge in [-0.15, -0.1) is 0 Å². The second kappa shape index (κ2) is 3.17. The third-order valence-corrected chi connectivity index (χ3v) is 4.01. The zero-order chi connectivity index (χ0) is 11.4. The number of amides is 2. The van der Waals surface area contributed by atoms with Crippen LogP contribution in [0.3, 0.4) is 0 Å². The fraction of sp³-hybridized carbons (Fsp3) is 0.667. The van der Waals surface area contributed by atoms with Crippen molar-refractivity contribution in [2.75, 3.05) is 6.54 Å². The van der Waals surface area contributed by atoms with E-state index < -0.39 is 6.10 Å². The van der Waals surface area contributed by atoms with Crippen LogP contribution in [0.15, 0.2) is 12.2 Å². The topological polar surface area (TPSA) is 57.6 Å². The Balaban J connectivity index is 1.89. The molecule has 3 aliphatic rings. The molecule has 2 fully saturated rings. The van der Waals surface area contributed by atoms with Crippen LogP contribution in [0.25, 0.3) is 0 Å². The van der Waals surface area contributed by atoms with Gasteiger partial charge in [0.25, 0.3) is 0 Å². The highest BCUT2D eigenvalue weighted by Gasteiger charge is 2.59. The fourth-order valence-electron chi connectivity index (χ4n) is 3.41. The van der Waals surface area contributed by atoms with Gasteiger partial charge in [-0.2, -0.15) is 0 Å². The van der Waals surface area contributed by atoms with Gasteiger partial charge in [-0.3, -0.25) is 14.5 Å². The first kappa shape index (κ1) is 10.0. The van der Waals surface area contributed by atoms with Crippen molar-refractivity contribution < 1.29 is 14.7 Å². The number of carbonyl (C=O) groups is 2. The van der Waals surface area contributed by atoms with Gasteiger partial charge >= 0.3 is 0 Å². The molecule has 1 aliphatic heterocycles. The van der Waals surface area contributed by atoms with Crippen molar-refractivity contribution in [1.82, 2.24) is 4.90 Å². The van der Waals surface area contributed by atoms with Gasteiger partial charge in [0.2, 0.25) is 11.8 Å². The summed E-state index contributed by atoms with van der Waals surface area (Å²) < 4.78 is 0. The molecule has 2 bridgehead atoms. The van der Waals surface area contributed by atoms with Crippen LogP contribution < -0.4 is 0 Å². The first-order valence-electron chi connectivity index (χ1n) is 5.81. The molecule has 4 heteroatoms. The zero-order valence-electron chi connectivity index (χ0n) is 9.17. The van der Waals surface area contributed by atoms with E-state index >= 15 is 0 Å². The zero-order valence-corrected chi connectivity index (χ0v) is 9.17. The summed E-state index contributed by atoms with van der Waals surface area (Å²) in [6, 6.07) is 0. The molecule has 0 aromatic rings. The summed E-state index contributed by atoms with van der Waals surface area (Å²) in [5, 5.41) is 9.30. The Labute approximate surface area is 93.9 Å². The SMILES string of the molecule is C[C@@H](O)CN1C(=O)[C@@H]2[C@H](C1=O)[C@H]1C=C[C@H]2C1. The minimum absolute atomic E-state index is 0.0762. The van der Waals surface area contributed by atoms with Crippen LogP contribution in [0.5, 0.6) is 0 Å². The van der Waals surface area contributed by atoms with Crippen LogP contribution in [0, 0.1) is 23.7 Å². The lowest BCUT2D eigenvalue weighted by Gasteiger charge is -2.18. The molecule has 4 nitrogen and oxygen atoms in total. The second-order valence-corrected chi connectivity index (χ2v) is 5.14. The van der Waals surface area contributed by atoms with Crippen LogP contribution in [0.1, 0.15) is 13.3 Å². The third kappa shape index (κ3) is 1.13. The minimum Gasteiger partial charge on any atom is -0.392 e. The maximum absolute atomic E-state index is 12.1. The number of rotatable bonds is 2. The molecule has 0 radical (unpaired) electrons. The molecular formula is C12H15NO3. The number of likely N-dealkylation sites (tertiary alicyclic amines) is 1. The molecule has 16 heavy (non-hydrogen) atoms. The normalized spacial score (nSPS) is 42.0. The number of allylic oxidation sites excluding steroid dienone is 2. The number of hydrogen-bond acceptors (Lipinski definition) is 3. The largest absolute Gasteiger partial charge is 0.392 e. The maximum Gasteiger partial charge on any atom is 0.233 e. The summed E-state index contributed by atoms with van der Waals surface area (Å²) in [4.78, 5) is 25.4. The Morgan fingerprint density at radius 3 is 2.25 bits per heavy atom. The Morgan fingerprint density at radius 2 is 1.81 bits per heavy atom. The van der Waals surface area contributed by atoms with E-state index in [9.17, 15) is 14.7 Å². The van der Waals surface area contributed by atoms with Crippen molar-refractivity contribution in [3.63, 3.8) is 0 Å². The fourth-order valence-corrected chi connectivity index (χ4v) is 3.41. The molecule has 0 unspecified atom stereocenters. The van der Waals surface area contributed by atoms with Crippen molar-refractivity contribution in [2.45, 2.75) is 19.4 Å². The Bertz CT molecular complexity index is 358. The van der Waals surface area contributed by atoms with Crippen molar-refractivity contribution >= 4 is 11.8 Å². The van der Waals surface area contributed by atoms with E-state index in [1.165, 1.54) is 4.90 Å². The van der Waals surface area contributed by atoms with Crippen LogP contribution in [0.4, 0.5) is 0 Å². The van der Waals surface area contributed by atoms with Crippen molar-refractivity contribution in [3.05, 3.63) is 12.2 Å². The molecule has 3 rings (SSSR count). The van der Waals surface area contributed by atoms with Crippen LogP contribution in [-0.2, 0) is 9.59 Å². The number of imide groups is 1. The smallest absolute Gasteiger partial charge is 0.233 e. The minimum atomic E-state index is -0.641. The van der Waals surface area contributed by atoms with Gasteiger partial charge in [0.1, 0.15) is 0 Å². The lowest BCUT2D eigenvalue weighted by atomic mass is 9.85. The molecule has 2 aliphatic carbocycles. The number of aliphatic hydroxyl groups excluding tert-OH is 1. The molecule has 0 aromatic carbocycles. The highest BCUT2D eigenvalue weighted by Crippen LogP contribution is 2.52. The first-order chi connectivity index (χ1) is 7.59. The van der Waals surface area contributed by atoms with E-state index in [0.717, 1.165) is 6.42 Å². The van der Waals surface area contributed by atoms with Gasteiger partial charge in [0.15, 0.2) is 0 Å². The lowest BCUT2D eigenvalue weighted by Crippen LogP contribution is -2.38. The van der Waals surface area contributed by atoms with E-state index in [0.29, 0.717) is 0 Å². The summed E-state index contributed by atoms with van der Waals surface area (Å²) in [5.74, 6) is 0.0823. The Morgan fingerprint density at radius 1 is 1.31 bits per heavy atom. The third-order valence-electron chi connectivity index (χ3n) is 4.01. The number of β-amino-alcohol motifs (C(OH)–C–C–N with tert-alkyl or cyclic N) is 1. The standard InChI is InChI=1S/C12H15NO3/c1-6(14)5-13-11(15)9-7-2-3-8(4-7)10(9)12(13)16/h2-3,6-10,14H,4-5H2,1H3/t6-,7+,8+,9-,10+/m1/s1. The van der Waals surface area contributed by atoms with Gasteiger partial charge < -0.3 is 5.11 Å². The number of aliphatic hydroxyl groups is 1. The lowest BCUT2D eigenvalue weighted by molar-refractivity contribution is -0.142. The number of hydrogen-bond donors (Lipinski definition) is 1. The summed E-state index contributed by atoms with van der Waals surface area (Å²) >= 11 is 0. The molecule has 86 valence electrons. The first-order valence-corrected chi connectivity index (χ1v) is 5.81. The van der Waals surface area contributed by atoms with Gasteiger partial charge in [-0.25, -0.2) is 0 Å². The molecule has 5 atom stereocenters. The van der Waals surface area contributed by atoms with Crippen molar-refractivity contribution in [2.24, 2.45) is 23.7 Å². The van der Waals surface area contributed by atoms with Gasteiger partial charge in [0, 0.05) is 0 Å². The molecule has 1 saturated heterocycles. The van der Waals surface area contributed by atoms with Crippen molar-refractivity contribution in [3.8, 4) is 0 Å². The van der Waals surface area contributed by atoms with Gasteiger partial charge in [-0.05, 0) is 25.2 Å². The summed E-state index contributed by atoms with van der Waals surface area (Å²) in [6.45, 7) is 1.74. The van der Waals surface area contributed by atoms with Crippen LogP contribution >= 0.6 is 0 Å². The Hall–Kier alpha value is -1.16. The van der Waals surface area contributed by atoms with Gasteiger partial charge in [0.05, 0.1) is 24.5 Å². The van der Waals surface area contributed by atoms with Crippen LogP contribution in [-0.4, -0.2) is 34.5 Å². The van der Waals surface area contributed by atoms with Gasteiger partial charge in [-0.1, -0.05) is 12.2 Å². The summed E-state index contributed by atoms with van der Waals surface area (Å²) in [7, 11) is 0.